The van der Waals surface area contributed by atoms with E-state index in [1.807, 2.05) is 77.4 Å². The second-order valence-electron chi connectivity index (χ2n) is 9.07. The zero-order chi connectivity index (χ0) is 26.3. The van der Waals surface area contributed by atoms with Crippen molar-refractivity contribution in [2.45, 2.75) is 28.4 Å². The molecule has 2 amide bonds. The number of nitrogens with zero attached hydrogens (tertiary/aromatic N) is 5. The van der Waals surface area contributed by atoms with Crippen molar-refractivity contribution in [2.75, 3.05) is 7.11 Å². The van der Waals surface area contributed by atoms with Crippen molar-refractivity contribution in [3.63, 3.8) is 0 Å². The van der Waals surface area contributed by atoms with Gasteiger partial charge in [0.25, 0.3) is 0 Å². The van der Waals surface area contributed by atoms with E-state index in [2.05, 4.69) is 35.6 Å². The Morgan fingerprint density at radius 1 is 0.895 bits per heavy atom. The van der Waals surface area contributed by atoms with Crippen LogP contribution in [0.5, 0.6) is 5.75 Å². The normalized spacial score (nSPS) is 17.9. The van der Waals surface area contributed by atoms with Gasteiger partial charge in [-0.15, -0.1) is 25.3 Å². The Morgan fingerprint density at radius 3 is 2.16 bits per heavy atom. The van der Waals surface area contributed by atoms with Crippen molar-refractivity contribution in [3.05, 3.63) is 102 Å². The molecule has 0 radical (unpaired) electrons. The highest BCUT2D eigenvalue weighted by atomic mass is 32.1. The maximum atomic E-state index is 13.6. The predicted molar refractivity (Wildman–Crippen MR) is 152 cm³/mol. The van der Waals surface area contributed by atoms with Gasteiger partial charge in [0.15, 0.2) is 17.2 Å². The third-order valence-electron chi connectivity index (χ3n) is 6.75. The molecule has 0 saturated carbocycles. The first-order chi connectivity index (χ1) is 18.5. The highest BCUT2D eigenvalue weighted by molar-refractivity contribution is 7.80. The van der Waals surface area contributed by atoms with Crippen LogP contribution in [-0.4, -0.2) is 39.8 Å². The summed E-state index contributed by atoms with van der Waals surface area (Å²) in [5.74, 6) is 1.84. The number of imidazole rings is 1. The summed E-state index contributed by atoms with van der Waals surface area (Å²) in [6.07, 6.45) is 3.25. The number of amides is 2. The molecule has 1 saturated heterocycles. The molecule has 8 nitrogen and oxygen atoms in total. The van der Waals surface area contributed by atoms with Crippen LogP contribution in [-0.2, 0) is 18.6 Å². The van der Waals surface area contributed by atoms with Crippen LogP contribution >= 0.6 is 25.3 Å². The van der Waals surface area contributed by atoms with Crippen LogP contribution in [0.15, 0.2) is 98.9 Å². The van der Waals surface area contributed by atoms with Crippen LogP contribution in [0.4, 0.5) is 10.6 Å². The number of thiol groups is 2. The molecule has 1 fully saturated rings. The molecule has 0 aliphatic carbocycles. The van der Waals surface area contributed by atoms with E-state index < -0.39 is 5.54 Å². The number of fused-ring (bicyclic) bond motifs is 3. The molecule has 6 rings (SSSR count). The van der Waals surface area contributed by atoms with Crippen molar-refractivity contribution in [1.29, 1.82) is 0 Å². The number of hydrogen-bond donors (Lipinski definition) is 3. The summed E-state index contributed by atoms with van der Waals surface area (Å²) < 4.78 is 7.35. The number of hydrogen-bond acceptors (Lipinski definition) is 7. The zero-order valence-corrected chi connectivity index (χ0v) is 22.2. The Balaban J connectivity index is 1.47. The molecule has 4 aromatic rings. The first kappa shape index (κ1) is 24.3. The molecule has 3 heterocycles. The molecule has 2 aliphatic rings. The van der Waals surface area contributed by atoms with Crippen LogP contribution < -0.4 is 10.1 Å². The molecule has 10 heteroatoms. The van der Waals surface area contributed by atoms with Gasteiger partial charge in [0.05, 0.1) is 26.5 Å². The lowest BCUT2D eigenvalue weighted by atomic mass is 9.85. The van der Waals surface area contributed by atoms with Gasteiger partial charge in [-0.1, -0.05) is 36.4 Å². The number of aromatic nitrogens is 2. The topological polar surface area (TPSA) is 84.1 Å². The average molecular weight is 541 g/mol. The van der Waals surface area contributed by atoms with Crippen molar-refractivity contribution >= 4 is 49.3 Å². The van der Waals surface area contributed by atoms with Crippen molar-refractivity contribution in [2.24, 2.45) is 9.98 Å². The van der Waals surface area contributed by atoms with E-state index in [-0.39, 0.29) is 6.03 Å². The van der Waals surface area contributed by atoms with Crippen molar-refractivity contribution in [1.82, 2.24) is 19.8 Å². The number of aliphatic imine (C=N–C) groups is 2. The molecular weight excluding hydrogens is 516 g/mol. The first-order valence-electron chi connectivity index (χ1n) is 11.9. The maximum Gasteiger partial charge on any atom is 0.324 e. The van der Waals surface area contributed by atoms with E-state index in [1.54, 1.807) is 18.3 Å². The molecule has 0 spiro atoms. The van der Waals surface area contributed by atoms with Gasteiger partial charge in [-0.2, -0.15) is 0 Å². The van der Waals surface area contributed by atoms with Crippen LogP contribution in [0.3, 0.4) is 0 Å². The fourth-order valence-corrected chi connectivity index (χ4v) is 5.15. The fraction of sp³-hybridized carbons (Fsp3) is 0.143. The number of urea groups is 1. The molecule has 1 aromatic heterocycles. The lowest BCUT2D eigenvalue weighted by Gasteiger charge is -2.28. The molecular formula is C28H24N6O2S2. The molecule has 0 bridgehead atoms. The monoisotopic (exact) mass is 540 g/mol. The second-order valence-corrected chi connectivity index (χ2v) is 10.1. The lowest BCUT2D eigenvalue weighted by molar-refractivity contribution is 0.225. The lowest BCUT2D eigenvalue weighted by Crippen LogP contribution is -2.45. The summed E-state index contributed by atoms with van der Waals surface area (Å²) in [5.41, 5.74) is 2.29. The largest absolute Gasteiger partial charge is 0.497 e. The fourth-order valence-electron chi connectivity index (χ4n) is 4.85. The number of benzene rings is 3. The van der Waals surface area contributed by atoms with Gasteiger partial charge in [-0.05, 0) is 53.1 Å². The van der Waals surface area contributed by atoms with E-state index in [0.29, 0.717) is 36.2 Å². The number of rotatable bonds is 6. The number of nitrogens with one attached hydrogen (secondary N) is 1. The molecule has 3 aromatic carbocycles. The minimum absolute atomic E-state index is 0.269. The van der Waals surface area contributed by atoms with E-state index in [1.165, 1.54) is 6.34 Å². The Bertz CT molecular complexity index is 1560. The number of methoxy groups -OCH3 is 1. The Morgan fingerprint density at radius 2 is 1.53 bits per heavy atom. The summed E-state index contributed by atoms with van der Waals surface area (Å²) in [7, 11) is 1.62. The Kier molecular flexibility index (Phi) is 6.21. The molecule has 38 heavy (non-hydrogen) atoms. The summed E-state index contributed by atoms with van der Waals surface area (Å²) in [5, 5.41) is 3.22. The summed E-state index contributed by atoms with van der Waals surface area (Å²) in [4.78, 5) is 31.2. The molecule has 1 atom stereocenters. The first-order valence-corrected chi connectivity index (χ1v) is 12.8. The van der Waals surface area contributed by atoms with Gasteiger partial charge in [0.2, 0.25) is 0 Å². The third kappa shape index (κ3) is 4.15. The van der Waals surface area contributed by atoms with Gasteiger partial charge in [-0.25, -0.2) is 19.8 Å². The van der Waals surface area contributed by atoms with Crippen LogP contribution in [0.2, 0.25) is 0 Å². The van der Waals surface area contributed by atoms with Crippen LogP contribution in [0, 0.1) is 0 Å². The van der Waals surface area contributed by atoms with E-state index in [4.69, 9.17) is 14.7 Å². The molecule has 2 aliphatic heterocycles. The van der Waals surface area contributed by atoms with Crippen molar-refractivity contribution < 1.29 is 9.53 Å². The number of carbonyl (C=O) groups excluding carboxylic acids is 1. The Labute approximate surface area is 230 Å². The van der Waals surface area contributed by atoms with Gasteiger partial charge >= 0.3 is 6.03 Å². The average Bonchev–Trinajstić information content (AvgIpc) is 3.40. The Hall–Kier alpha value is -4.02. The number of carbonyl (C=O) groups is 1. The van der Waals surface area contributed by atoms with Gasteiger partial charge < -0.3 is 14.6 Å². The van der Waals surface area contributed by atoms with Crippen molar-refractivity contribution in [3.8, 4) is 5.75 Å². The van der Waals surface area contributed by atoms with Gasteiger partial charge in [0, 0.05) is 9.79 Å². The molecule has 1 N–H and O–H groups in total. The highest BCUT2D eigenvalue weighted by Gasteiger charge is 2.55. The minimum Gasteiger partial charge on any atom is -0.497 e. The smallest absolute Gasteiger partial charge is 0.324 e. The zero-order valence-electron chi connectivity index (χ0n) is 20.4. The van der Waals surface area contributed by atoms with Crippen LogP contribution in [0.25, 0.3) is 0 Å². The third-order valence-corrected chi connectivity index (χ3v) is 7.34. The number of ether oxygens (including phenoxy) is 1. The van der Waals surface area contributed by atoms with Crippen LogP contribution in [0.1, 0.15) is 22.4 Å². The molecule has 1 unspecified atom stereocenters. The van der Waals surface area contributed by atoms with Gasteiger partial charge in [-0.3, -0.25) is 4.90 Å². The highest BCUT2D eigenvalue weighted by Crippen LogP contribution is 2.42. The summed E-state index contributed by atoms with van der Waals surface area (Å²) >= 11 is 8.77. The minimum atomic E-state index is -1.14. The SMILES string of the molecule is COc1ccc(C23NC(=O)N(Cc4ccc(S)cc4)C2=NC=Nc2c3ncn2Cc2ccc(S)cc2)cc1. The summed E-state index contributed by atoms with van der Waals surface area (Å²) in [6.45, 7) is 0.881. The number of amidine groups is 1. The quantitative estimate of drug-likeness (QED) is 0.299. The predicted octanol–water partition coefficient (Wildman–Crippen LogP) is 5.06. The molecule has 190 valence electrons. The summed E-state index contributed by atoms with van der Waals surface area (Å²) in [6, 6.07) is 23.0. The van der Waals surface area contributed by atoms with E-state index in [9.17, 15) is 4.79 Å². The maximum absolute atomic E-state index is 13.6. The van der Waals surface area contributed by atoms with E-state index >= 15 is 0 Å². The van der Waals surface area contributed by atoms with E-state index in [0.717, 1.165) is 26.5 Å². The standard InChI is InChI=1S/C28H24N6O2S2/c1-36-21-8-6-20(7-9-21)28-24-25(33(17-31-24)14-18-2-10-22(37)11-3-18)29-16-30-26(28)34(27(35)32-28)15-19-4-12-23(38)13-5-19/h2-13,16-17,37-38H,14-15H2,1H3,(H,32,35). The second kappa shape index (κ2) is 9.70. The van der Waals surface area contributed by atoms with Gasteiger partial charge in [0.1, 0.15) is 17.8 Å².